The first-order chi connectivity index (χ1) is 7.28. The third-order valence-corrected chi connectivity index (χ3v) is 2.01. The van der Waals surface area contributed by atoms with Crippen molar-refractivity contribution in [3.63, 3.8) is 0 Å². The number of aryl methyl sites for hydroxylation is 1. The Morgan fingerprint density at radius 3 is 2.80 bits per heavy atom. The van der Waals surface area contributed by atoms with Crippen LogP contribution in [0.1, 0.15) is 5.69 Å². The minimum absolute atomic E-state index is 0.347. The lowest BCUT2D eigenvalue weighted by atomic mass is 10.4. The van der Waals surface area contributed by atoms with E-state index >= 15 is 0 Å². The van der Waals surface area contributed by atoms with Crippen LogP contribution in [-0.4, -0.2) is 20.0 Å². The van der Waals surface area contributed by atoms with Gasteiger partial charge in [0, 0.05) is 13.1 Å². The summed E-state index contributed by atoms with van der Waals surface area (Å²) in [5.41, 5.74) is 0.718. The fourth-order valence-electron chi connectivity index (χ4n) is 1.05. The molecule has 2 heterocycles. The number of ether oxygens (including phenoxy) is 1. The Labute approximate surface area is 91.7 Å². The Morgan fingerprint density at radius 2 is 2.27 bits per heavy atom. The van der Waals surface area contributed by atoms with E-state index in [9.17, 15) is 0 Å². The van der Waals surface area contributed by atoms with E-state index < -0.39 is 0 Å². The molecule has 0 aromatic carbocycles. The second kappa shape index (κ2) is 4.27. The highest BCUT2D eigenvalue weighted by atomic mass is 35.5. The number of halogens is 1. The van der Waals surface area contributed by atoms with Crippen LogP contribution in [0.15, 0.2) is 24.5 Å². The molecule has 6 heteroatoms. The number of alkyl halides is 1. The quantitative estimate of drug-likeness (QED) is 0.746. The third kappa shape index (κ3) is 2.44. The molecule has 2 aromatic heterocycles. The molecule has 0 fully saturated rings. The van der Waals surface area contributed by atoms with E-state index in [2.05, 4.69) is 15.3 Å². The normalized spacial score (nSPS) is 10.3. The highest BCUT2D eigenvalue weighted by molar-refractivity contribution is 6.16. The van der Waals surface area contributed by atoms with Crippen LogP contribution in [0.25, 0.3) is 0 Å². The number of rotatable bonds is 3. The molecule has 5 nitrogen and oxygen atoms in total. The van der Waals surface area contributed by atoms with Crippen molar-refractivity contribution in [1.29, 1.82) is 0 Å². The molecule has 0 unspecified atom stereocenters. The lowest BCUT2D eigenvalue weighted by Crippen LogP contribution is -1.92. The van der Waals surface area contributed by atoms with Gasteiger partial charge in [0.1, 0.15) is 0 Å². The Balaban J connectivity index is 2.11. The molecule has 0 spiro atoms. The first kappa shape index (κ1) is 9.92. The molecule has 0 aliphatic rings. The minimum Gasteiger partial charge on any atom is -0.434 e. The lowest BCUT2D eigenvalue weighted by Gasteiger charge is -2.00. The summed E-state index contributed by atoms with van der Waals surface area (Å²) in [6.07, 6.45) is 3.36. The topological polar surface area (TPSA) is 52.8 Å². The molecular weight excluding hydrogens is 216 g/mol. The number of hydrogen-bond acceptors (Lipinski definition) is 4. The van der Waals surface area contributed by atoms with E-state index in [0.29, 0.717) is 17.5 Å². The van der Waals surface area contributed by atoms with Crippen LogP contribution < -0.4 is 4.74 Å². The second-order valence-electron chi connectivity index (χ2n) is 2.95. The summed E-state index contributed by atoms with van der Waals surface area (Å²) in [6, 6.07) is 3.49. The van der Waals surface area contributed by atoms with Crippen LogP contribution >= 0.6 is 11.6 Å². The number of nitrogens with zero attached hydrogens (tertiary/aromatic N) is 4. The molecule has 0 amide bonds. The van der Waals surface area contributed by atoms with Gasteiger partial charge in [0.05, 0.1) is 24.0 Å². The van der Waals surface area contributed by atoms with Crippen LogP contribution in [0, 0.1) is 0 Å². The maximum absolute atomic E-state index is 5.59. The molecule has 2 aromatic rings. The highest BCUT2D eigenvalue weighted by Gasteiger charge is 2.01. The standard InChI is InChI=1S/C9H9ClN4O/c1-14-6-8(5-11-14)15-9-3-2-7(4-10)12-13-9/h2-3,5-6H,4H2,1H3. The van der Waals surface area contributed by atoms with Gasteiger partial charge in [0.2, 0.25) is 5.88 Å². The van der Waals surface area contributed by atoms with E-state index in [0.717, 1.165) is 5.69 Å². The monoisotopic (exact) mass is 224 g/mol. The van der Waals surface area contributed by atoms with Gasteiger partial charge in [-0.1, -0.05) is 0 Å². The molecular formula is C9H9ClN4O. The molecule has 2 rings (SSSR count). The third-order valence-electron chi connectivity index (χ3n) is 1.74. The van der Waals surface area contributed by atoms with Crippen molar-refractivity contribution in [2.45, 2.75) is 5.88 Å². The van der Waals surface area contributed by atoms with Crippen molar-refractivity contribution in [2.24, 2.45) is 7.05 Å². The molecule has 0 saturated carbocycles. The summed E-state index contributed by atoms with van der Waals surface area (Å²) in [4.78, 5) is 0. The molecule has 78 valence electrons. The smallest absolute Gasteiger partial charge is 0.239 e. The van der Waals surface area contributed by atoms with Gasteiger partial charge in [-0.15, -0.1) is 16.7 Å². The van der Waals surface area contributed by atoms with Gasteiger partial charge >= 0.3 is 0 Å². The average molecular weight is 225 g/mol. The zero-order valence-corrected chi connectivity index (χ0v) is 8.85. The summed E-state index contributed by atoms with van der Waals surface area (Å²) in [5.74, 6) is 1.41. The Kier molecular flexibility index (Phi) is 2.82. The van der Waals surface area contributed by atoms with Crippen LogP contribution in [0.3, 0.4) is 0 Å². The van der Waals surface area contributed by atoms with Gasteiger partial charge in [-0.05, 0) is 6.07 Å². The summed E-state index contributed by atoms with van der Waals surface area (Å²) < 4.78 is 7.05. The first-order valence-electron chi connectivity index (χ1n) is 4.33. The van der Waals surface area contributed by atoms with Crippen molar-refractivity contribution in [3.8, 4) is 11.6 Å². The first-order valence-corrected chi connectivity index (χ1v) is 4.86. The number of hydrogen-bond donors (Lipinski definition) is 0. The minimum atomic E-state index is 0.347. The van der Waals surface area contributed by atoms with Crippen LogP contribution in [0.5, 0.6) is 11.6 Å². The van der Waals surface area contributed by atoms with Crippen molar-refractivity contribution < 1.29 is 4.74 Å². The van der Waals surface area contributed by atoms with Crippen molar-refractivity contribution in [3.05, 3.63) is 30.2 Å². The molecule has 0 atom stereocenters. The van der Waals surface area contributed by atoms with Crippen molar-refractivity contribution >= 4 is 11.6 Å². The zero-order valence-electron chi connectivity index (χ0n) is 8.09. The van der Waals surface area contributed by atoms with E-state index in [1.165, 1.54) is 0 Å². The molecule has 0 aliphatic carbocycles. The predicted molar refractivity (Wildman–Crippen MR) is 54.9 cm³/mol. The second-order valence-corrected chi connectivity index (χ2v) is 3.22. The number of aromatic nitrogens is 4. The van der Waals surface area contributed by atoms with Gasteiger partial charge < -0.3 is 4.74 Å². The highest BCUT2D eigenvalue weighted by Crippen LogP contribution is 2.17. The largest absolute Gasteiger partial charge is 0.434 e. The van der Waals surface area contributed by atoms with E-state index in [1.807, 2.05) is 7.05 Å². The van der Waals surface area contributed by atoms with Gasteiger partial charge in [0.15, 0.2) is 5.75 Å². The van der Waals surface area contributed by atoms with Gasteiger partial charge in [-0.3, -0.25) is 4.68 Å². The molecule has 15 heavy (non-hydrogen) atoms. The van der Waals surface area contributed by atoms with E-state index in [1.54, 1.807) is 29.2 Å². The molecule has 0 bridgehead atoms. The van der Waals surface area contributed by atoms with Crippen LogP contribution in [0.4, 0.5) is 0 Å². The van der Waals surface area contributed by atoms with E-state index in [4.69, 9.17) is 16.3 Å². The molecule has 0 aliphatic heterocycles. The van der Waals surface area contributed by atoms with Crippen molar-refractivity contribution in [2.75, 3.05) is 0 Å². The van der Waals surface area contributed by atoms with Gasteiger partial charge in [0.25, 0.3) is 0 Å². The molecule has 0 saturated heterocycles. The van der Waals surface area contributed by atoms with Crippen molar-refractivity contribution in [1.82, 2.24) is 20.0 Å². The predicted octanol–water partition coefficient (Wildman–Crippen LogP) is 1.74. The Hall–Kier alpha value is -1.62. The Bertz CT molecular complexity index is 440. The van der Waals surface area contributed by atoms with Crippen LogP contribution in [-0.2, 0) is 12.9 Å². The lowest BCUT2D eigenvalue weighted by molar-refractivity contribution is 0.453. The van der Waals surface area contributed by atoms with Gasteiger partial charge in [-0.2, -0.15) is 10.2 Å². The fourth-order valence-corrected chi connectivity index (χ4v) is 1.19. The maximum Gasteiger partial charge on any atom is 0.239 e. The summed E-state index contributed by atoms with van der Waals surface area (Å²) in [6.45, 7) is 0. The zero-order chi connectivity index (χ0) is 10.7. The SMILES string of the molecule is Cn1cc(Oc2ccc(CCl)nn2)cn1. The average Bonchev–Trinajstić information content (AvgIpc) is 2.65. The van der Waals surface area contributed by atoms with Crippen LogP contribution in [0.2, 0.25) is 0 Å². The Morgan fingerprint density at radius 1 is 1.40 bits per heavy atom. The maximum atomic E-state index is 5.59. The summed E-state index contributed by atoms with van der Waals surface area (Å²) in [5, 5.41) is 11.7. The summed E-state index contributed by atoms with van der Waals surface area (Å²) in [7, 11) is 1.81. The molecule has 0 radical (unpaired) electrons. The van der Waals surface area contributed by atoms with E-state index in [-0.39, 0.29) is 0 Å². The molecule has 0 N–H and O–H groups in total. The summed E-state index contributed by atoms with van der Waals surface area (Å²) >= 11 is 5.59. The fraction of sp³-hybridized carbons (Fsp3) is 0.222. The van der Waals surface area contributed by atoms with Gasteiger partial charge in [-0.25, -0.2) is 0 Å².